The van der Waals surface area contributed by atoms with Crippen LogP contribution in [0.3, 0.4) is 0 Å². The Kier molecular flexibility index (Phi) is 4.72. The lowest BCUT2D eigenvalue weighted by Crippen LogP contribution is -2.38. The third kappa shape index (κ3) is 3.51. The molecule has 1 aliphatic heterocycles. The van der Waals surface area contributed by atoms with Crippen LogP contribution in [0.5, 0.6) is 0 Å². The van der Waals surface area contributed by atoms with Crippen molar-refractivity contribution in [2.24, 2.45) is 7.05 Å². The zero-order chi connectivity index (χ0) is 22.5. The first-order valence-electron chi connectivity index (χ1n) is 10.1. The smallest absolute Gasteiger partial charge is 0.354 e. The summed E-state index contributed by atoms with van der Waals surface area (Å²) < 4.78 is 44.1. The van der Waals surface area contributed by atoms with Crippen LogP contribution in [0.4, 0.5) is 19.1 Å². The number of benzene rings is 1. The number of nitrogens with one attached hydrogen (secondary N) is 2. The van der Waals surface area contributed by atoms with Gasteiger partial charge in [0.25, 0.3) is 0 Å². The van der Waals surface area contributed by atoms with Crippen molar-refractivity contribution in [2.45, 2.75) is 31.5 Å². The molecule has 5 rings (SSSR count). The molecule has 2 N–H and O–H groups in total. The predicted octanol–water partition coefficient (Wildman–Crippen LogP) is 2.78. The summed E-state index contributed by atoms with van der Waals surface area (Å²) in [5.41, 5.74) is -0.198. The normalized spacial score (nSPS) is 17.5. The van der Waals surface area contributed by atoms with Crippen LogP contribution in [0.1, 0.15) is 24.8 Å². The van der Waals surface area contributed by atoms with E-state index in [2.05, 4.69) is 30.8 Å². The molecular weight excluding hydrogens is 425 g/mol. The second-order valence-electron chi connectivity index (χ2n) is 7.69. The van der Waals surface area contributed by atoms with E-state index >= 15 is 0 Å². The number of fused-ring (bicyclic) bond motifs is 3. The Labute approximate surface area is 179 Å². The van der Waals surface area contributed by atoms with E-state index in [1.807, 2.05) is 0 Å². The van der Waals surface area contributed by atoms with Gasteiger partial charge in [0, 0.05) is 19.8 Å². The molecule has 0 unspecified atom stereocenters. The van der Waals surface area contributed by atoms with Crippen LogP contribution in [-0.4, -0.2) is 47.9 Å². The Hall–Kier alpha value is -3.70. The SMILES string of the molecule is Cn1cc(-c2nc3c4c(C(F)(F)F)cccc4nc(N[C@@H]4CCCCNC4=O)n3n2)cn1. The molecule has 1 aromatic carbocycles. The van der Waals surface area contributed by atoms with Crippen LogP contribution in [0, 0.1) is 0 Å². The minimum absolute atomic E-state index is 0.00157. The van der Waals surface area contributed by atoms with E-state index in [1.54, 1.807) is 17.9 Å². The first kappa shape index (κ1) is 20.2. The fraction of sp³-hybridized carbons (Fsp3) is 0.350. The van der Waals surface area contributed by atoms with Gasteiger partial charge in [0.2, 0.25) is 11.9 Å². The summed E-state index contributed by atoms with van der Waals surface area (Å²) in [5.74, 6) is 0.170. The quantitative estimate of drug-likeness (QED) is 0.504. The number of carbonyl (C=O) groups excluding carboxylic acids is 1. The van der Waals surface area contributed by atoms with Gasteiger partial charge >= 0.3 is 6.18 Å². The monoisotopic (exact) mass is 444 g/mol. The van der Waals surface area contributed by atoms with E-state index in [9.17, 15) is 18.0 Å². The molecule has 0 radical (unpaired) electrons. The van der Waals surface area contributed by atoms with Gasteiger partial charge < -0.3 is 10.6 Å². The van der Waals surface area contributed by atoms with Gasteiger partial charge in [-0.3, -0.25) is 9.48 Å². The molecule has 12 heteroatoms. The van der Waals surface area contributed by atoms with Crippen LogP contribution >= 0.6 is 0 Å². The molecule has 1 saturated heterocycles. The summed E-state index contributed by atoms with van der Waals surface area (Å²) in [4.78, 5) is 21.2. The van der Waals surface area contributed by atoms with E-state index in [0.717, 1.165) is 18.9 Å². The van der Waals surface area contributed by atoms with Crippen LogP contribution in [-0.2, 0) is 18.0 Å². The molecule has 1 fully saturated rings. The fourth-order valence-corrected chi connectivity index (χ4v) is 3.87. The Morgan fingerprint density at radius 2 is 2.06 bits per heavy atom. The molecular formula is C20H19F3N8O. The van der Waals surface area contributed by atoms with E-state index < -0.39 is 17.8 Å². The average molecular weight is 444 g/mol. The summed E-state index contributed by atoms with van der Waals surface area (Å²) >= 11 is 0. The molecule has 4 heterocycles. The molecule has 4 aromatic rings. The van der Waals surface area contributed by atoms with Gasteiger partial charge in [0.05, 0.1) is 28.2 Å². The standard InChI is InChI=1S/C20H19F3N8O/c1-30-10-11(9-25-30)16-28-17-15-12(20(21,22)23)5-4-7-13(15)26-19(31(17)29-16)27-14-6-2-3-8-24-18(14)32/h4-5,7,9-10,14H,2-3,6,8H2,1H3,(H,24,32)(H,26,27)/t14-/m1/s1. The number of aromatic nitrogens is 6. The number of aryl methyl sites for hydroxylation is 1. The van der Waals surface area contributed by atoms with Crippen molar-refractivity contribution in [3.05, 3.63) is 36.2 Å². The number of carbonyl (C=O) groups is 1. The minimum Gasteiger partial charge on any atom is -0.354 e. The highest BCUT2D eigenvalue weighted by atomic mass is 19.4. The molecule has 166 valence electrons. The Balaban J connectivity index is 1.74. The number of alkyl halides is 3. The Morgan fingerprint density at radius 1 is 1.22 bits per heavy atom. The van der Waals surface area contributed by atoms with Crippen LogP contribution in [0.15, 0.2) is 30.6 Å². The van der Waals surface area contributed by atoms with E-state index in [4.69, 9.17) is 0 Å². The molecule has 0 bridgehead atoms. The van der Waals surface area contributed by atoms with Gasteiger partial charge in [-0.2, -0.15) is 22.8 Å². The number of nitrogens with zero attached hydrogens (tertiary/aromatic N) is 6. The molecule has 1 atom stereocenters. The molecule has 3 aromatic heterocycles. The predicted molar refractivity (Wildman–Crippen MR) is 110 cm³/mol. The summed E-state index contributed by atoms with van der Waals surface area (Å²) in [6, 6.07) is 3.20. The van der Waals surface area contributed by atoms with E-state index in [0.29, 0.717) is 18.5 Å². The molecule has 0 aliphatic carbocycles. The largest absolute Gasteiger partial charge is 0.417 e. The van der Waals surface area contributed by atoms with Crippen molar-refractivity contribution < 1.29 is 18.0 Å². The van der Waals surface area contributed by atoms with Crippen LogP contribution in [0.2, 0.25) is 0 Å². The van der Waals surface area contributed by atoms with Crippen molar-refractivity contribution in [1.29, 1.82) is 0 Å². The molecule has 0 saturated carbocycles. The zero-order valence-corrected chi connectivity index (χ0v) is 17.0. The maximum absolute atomic E-state index is 13.8. The second-order valence-corrected chi connectivity index (χ2v) is 7.69. The lowest BCUT2D eigenvalue weighted by atomic mass is 10.1. The zero-order valence-electron chi connectivity index (χ0n) is 17.0. The number of amides is 1. The molecule has 1 amide bonds. The minimum atomic E-state index is -4.60. The van der Waals surface area contributed by atoms with Crippen molar-refractivity contribution in [2.75, 3.05) is 11.9 Å². The number of anilines is 1. The third-order valence-corrected chi connectivity index (χ3v) is 5.41. The molecule has 9 nitrogen and oxygen atoms in total. The van der Waals surface area contributed by atoms with Gasteiger partial charge in [0.1, 0.15) is 6.04 Å². The first-order valence-corrected chi connectivity index (χ1v) is 10.1. The number of rotatable bonds is 3. The average Bonchev–Trinajstić information content (AvgIpc) is 3.32. The number of hydrogen-bond donors (Lipinski definition) is 2. The second kappa shape index (κ2) is 7.46. The van der Waals surface area contributed by atoms with Gasteiger partial charge in [-0.1, -0.05) is 6.07 Å². The van der Waals surface area contributed by atoms with Gasteiger partial charge in [-0.05, 0) is 31.4 Å². The summed E-state index contributed by atoms with van der Waals surface area (Å²) in [6.07, 6.45) is 0.845. The third-order valence-electron chi connectivity index (χ3n) is 5.41. The van der Waals surface area contributed by atoms with Gasteiger partial charge in [0.15, 0.2) is 11.5 Å². The van der Waals surface area contributed by atoms with Crippen molar-refractivity contribution >= 4 is 28.4 Å². The summed E-state index contributed by atoms with van der Waals surface area (Å²) in [6.45, 7) is 0.584. The highest BCUT2D eigenvalue weighted by molar-refractivity contribution is 5.96. The first-order chi connectivity index (χ1) is 15.3. The maximum Gasteiger partial charge on any atom is 0.417 e. The highest BCUT2D eigenvalue weighted by Crippen LogP contribution is 2.37. The van der Waals surface area contributed by atoms with Crippen molar-refractivity contribution in [1.82, 2.24) is 34.7 Å². The lowest BCUT2D eigenvalue weighted by Gasteiger charge is -2.17. The van der Waals surface area contributed by atoms with E-state index in [-0.39, 0.29) is 34.2 Å². The summed E-state index contributed by atoms with van der Waals surface area (Å²) in [5, 5.41) is 14.2. The lowest BCUT2D eigenvalue weighted by molar-refractivity contribution is -0.136. The van der Waals surface area contributed by atoms with E-state index in [1.165, 1.54) is 22.8 Å². The number of halogens is 3. The highest BCUT2D eigenvalue weighted by Gasteiger charge is 2.35. The van der Waals surface area contributed by atoms with Gasteiger partial charge in [-0.15, -0.1) is 5.10 Å². The Morgan fingerprint density at radius 3 is 2.81 bits per heavy atom. The van der Waals surface area contributed by atoms with Crippen molar-refractivity contribution in [3.8, 4) is 11.4 Å². The molecule has 32 heavy (non-hydrogen) atoms. The molecule has 0 spiro atoms. The van der Waals surface area contributed by atoms with Gasteiger partial charge in [-0.25, -0.2) is 9.97 Å². The van der Waals surface area contributed by atoms with Crippen LogP contribution < -0.4 is 10.6 Å². The topological polar surface area (TPSA) is 102 Å². The van der Waals surface area contributed by atoms with Crippen molar-refractivity contribution in [3.63, 3.8) is 0 Å². The van der Waals surface area contributed by atoms with Crippen LogP contribution in [0.25, 0.3) is 27.9 Å². The Bertz CT molecular complexity index is 1330. The number of hydrogen-bond acceptors (Lipinski definition) is 6. The molecule has 1 aliphatic rings. The maximum atomic E-state index is 13.8. The fourth-order valence-electron chi connectivity index (χ4n) is 3.87. The summed E-state index contributed by atoms with van der Waals surface area (Å²) in [7, 11) is 1.72.